The van der Waals surface area contributed by atoms with Gasteiger partial charge in [0.25, 0.3) is 0 Å². The molecule has 2 fully saturated rings. The second-order valence-corrected chi connectivity index (χ2v) is 4.98. The first-order chi connectivity index (χ1) is 5.97. The lowest BCUT2D eigenvalue weighted by molar-refractivity contribution is -0.144. The lowest BCUT2D eigenvalue weighted by Crippen LogP contribution is -2.62. The number of β-lactam (4-membered cyclic amide) rings is 1. The molecule has 74 valence electrons. The number of likely N-dealkylation sites (tertiary alicyclic amines) is 1. The van der Waals surface area contributed by atoms with E-state index in [0.29, 0.717) is 17.4 Å². The summed E-state index contributed by atoms with van der Waals surface area (Å²) in [4.78, 5) is 13.3. The molecule has 3 nitrogen and oxygen atoms in total. The van der Waals surface area contributed by atoms with Crippen LogP contribution in [-0.2, 0) is 4.79 Å². The van der Waals surface area contributed by atoms with Crippen LogP contribution in [0.15, 0.2) is 0 Å². The van der Waals surface area contributed by atoms with Gasteiger partial charge >= 0.3 is 0 Å². The molecule has 2 N–H and O–H groups in total. The Morgan fingerprint density at radius 3 is 2.54 bits per heavy atom. The zero-order valence-electron chi connectivity index (χ0n) is 8.58. The lowest BCUT2D eigenvalue weighted by Gasteiger charge is -2.38. The molecule has 1 aliphatic carbocycles. The van der Waals surface area contributed by atoms with Crippen LogP contribution in [0.3, 0.4) is 0 Å². The van der Waals surface area contributed by atoms with E-state index in [1.165, 1.54) is 0 Å². The molecule has 0 aromatic heterocycles. The molecule has 1 saturated carbocycles. The Morgan fingerprint density at radius 2 is 2.23 bits per heavy atom. The van der Waals surface area contributed by atoms with Crippen molar-refractivity contribution in [3.8, 4) is 0 Å². The highest BCUT2D eigenvalue weighted by molar-refractivity contribution is 5.88. The molecule has 3 atom stereocenters. The quantitative estimate of drug-likeness (QED) is 0.635. The molecular formula is C10H18N2O. The third kappa shape index (κ3) is 1.10. The number of nitrogens with zero attached hydrogens (tertiary/aromatic N) is 1. The third-order valence-corrected chi connectivity index (χ3v) is 3.92. The molecule has 0 aromatic rings. The SMILES string of the molecule is CC(C)C1(C)CC1N1CC(N)C1=O. The minimum Gasteiger partial charge on any atom is -0.336 e. The van der Waals surface area contributed by atoms with Gasteiger partial charge in [0.1, 0.15) is 6.04 Å². The largest absolute Gasteiger partial charge is 0.336 e. The van der Waals surface area contributed by atoms with Gasteiger partial charge in [0.05, 0.1) is 0 Å². The summed E-state index contributed by atoms with van der Waals surface area (Å²) in [6.45, 7) is 7.49. The predicted octanol–water partition coefficient (Wildman–Crippen LogP) is 0.590. The molecule has 0 bridgehead atoms. The maximum atomic E-state index is 11.4. The number of amides is 1. The minimum absolute atomic E-state index is 0.148. The summed E-state index contributed by atoms with van der Waals surface area (Å²) in [6.07, 6.45) is 1.16. The number of hydrogen-bond acceptors (Lipinski definition) is 2. The summed E-state index contributed by atoms with van der Waals surface area (Å²) in [6, 6.07) is 0.261. The summed E-state index contributed by atoms with van der Waals surface area (Å²) < 4.78 is 0. The summed E-state index contributed by atoms with van der Waals surface area (Å²) in [5.74, 6) is 0.802. The van der Waals surface area contributed by atoms with Crippen molar-refractivity contribution >= 4 is 5.91 Å². The van der Waals surface area contributed by atoms with Gasteiger partial charge in [-0.2, -0.15) is 0 Å². The monoisotopic (exact) mass is 182 g/mol. The van der Waals surface area contributed by atoms with Crippen molar-refractivity contribution < 1.29 is 4.79 Å². The number of hydrogen-bond donors (Lipinski definition) is 1. The molecule has 1 amide bonds. The molecular weight excluding hydrogens is 164 g/mol. The van der Waals surface area contributed by atoms with E-state index >= 15 is 0 Å². The van der Waals surface area contributed by atoms with Gasteiger partial charge in [-0.05, 0) is 17.8 Å². The van der Waals surface area contributed by atoms with E-state index in [2.05, 4.69) is 20.8 Å². The van der Waals surface area contributed by atoms with E-state index in [1.54, 1.807) is 0 Å². The van der Waals surface area contributed by atoms with Crippen LogP contribution in [0.5, 0.6) is 0 Å². The van der Waals surface area contributed by atoms with Crippen molar-refractivity contribution in [2.75, 3.05) is 6.54 Å². The molecule has 2 aliphatic rings. The third-order valence-electron chi connectivity index (χ3n) is 3.92. The first-order valence-electron chi connectivity index (χ1n) is 5.03. The number of nitrogens with two attached hydrogens (primary N) is 1. The molecule has 2 rings (SSSR count). The summed E-state index contributed by atoms with van der Waals surface area (Å²) in [7, 11) is 0. The smallest absolute Gasteiger partial charge is 0.241 e. The highest BCUT2D eigenvalue weighted by Gasteiger charge is 2.59. The molecule has 1 aliphatic heterocycles. The van der Waals surface area contributed by atoms with Gasteiger partial charge in [-0.3, -0.25) is 4.79 Å². The van der Waals surface area contributed by atoms with Gasteiger partial charge in [0.15, 0.2) is 0 Å². The van der Waals surface area contributed by atoms with Crippen molar-refractivity contribution in [1.82, 2.24) is 4.90 Å². The van der Waals surface area contributed by atoms with Crippen molar-refractivity contribution in [2.24, 2.45) is 17.1 Å². The van der Waals surface area contributed by atoms with Crippen molar-refractivity contribution in [3.63, 3.8) is 0 Å². The van der Waals surface area contributed by atoms with Gasteiger partial charge < -0.3 is 10.6 Å². The Hall–Kier alpha value is -0.570. The molecule has 3 heteroatoms. The molecule has 0 aromatic carbocycles. The summed E-state index contributed by atoms with van der Waals surface area (Å²) in [5.41, 5.74) is 5.91. The molecule has 1 saturated heterocycles. The van der Waals surface area contributed by atoms with Crippen LogP contribution < -0.4 is 5.73 Å². The molecule has 13 heavy (non-hydrogen) atoms. The van der Waals surface area contributed by atoms with Crippen molar-refractivity contribution in [1.29, 1.82) is 0 Å². The topological polar surface area (TPSA) is 46.3 Å². The lowest BCUT2D eigenvalue weighted by atomic mass is 9.92. The van der Waals surface area contributed by atoms with Crippen LogP contribution in [-0.4, -0.2) is 29.4 Å². The Kier molecular flexibility index (Phi) is 1.71. The second kappa shape index (κ2) is 2.47. The number of carbonyl (C=O) groups excluding carboxylic acids is 1. The maximum Gasteiger partial charge on any atom is 0.241 e. The Bertz CT molecular complexity index is 251. The molecule has 0 radical (unpaired) electrons. The summed E-state index contributed by atoms with van der Waals surface area (Å²) >= 11 is 0. The average molecular weight is 182 g/mol. The number of carbonyl (C=O) groups is 1. The highest BCUT2D eigenvalue weighted by atomic mass is 16.2. The average Bonchev–Trinajstić information content (AvgIpc) is 2.74. The molecule has 3 unspecified atom stereocenters. The first-order valence-corrected chi connectivity index (χ1v) is 5.03. The van der Waals surface area contributed by atoms with Crippen molar-refractivity contribution in [2.45, 2.75) is 39.3 Å². The van der Waals surface area contributed by atoms with Crippen LogP contribution in [0.2, 0.25) is 0 Å². The number of rotatable bonds is 2. The first kappa shape index (κ1) is 9.00. The van der Waals surface area contributed by atoms with Crippen LogP contribution in [0, 0.1) is 11.3 Å². The zero-order chi connectivity index (χ0) is 9.80. The minimum atomic E-state index is -0.211. The Balaban J connectivity index is 1.97. The van der Waals surface area contributed by atoms with E-state index in [0.717, 1.165) is 13.0 Å². The van der Waals surface area contributed by atoms with E-state index in [-0.39, 0.29) is 11.9 Å². The molecule has 1 heterocycles. The van der Waals surface area contributed by atoms with Crippen molar-refractivity contribution in [3.05, 3.63) is 0 Å². The van der Waals surface area contributed by atoms with E-state index in [4.69, 9.17) is 5.73 Å². The van der Waals surface area contributed by atoms with Gasteiger partial charge in [0.2, 0.25) is 5.91 Å². The second-order valence-electron chi connectivity index (χ2n) is 4.98. The maximum absolute atomic E-state index is 11.4. The highest BCUT2D eigenvalue weighted by Crippen LogP contribution is 2.55. The van der Waals surface area contributed by atoms with E-state index < -0.39 is 0 Å². The van der Waals surface area contributed by atoms with Gasteiger partial charge in [0, 0.05) is 12.6 Å². The standard InChI is InChI=1S/C10H18N2O/c1-6(2)10(3)4-8(10)12-5-7(11)9(12)13/h6-8H,4-5,11H2,1-3H3. The van der Waals surface area contributed by atoms with Gasteiger partial charge in [-0.25, -0.2) is 0 Å². The summed E-state index contributed by atoms with van der Waals surface area (Å²) in [5, 5.41) is 0. The fourth-order valence-electron chi connectivity index (χ4n) is 2.21. The van der Waals surface area contributed by atoms with Crippen LogP contribution >= 0.6 is 0 Å². The fourth-order valence-corrected chi connectivity index (χ4v) is 2.21. The molecule has 0 spiro atoms. The fraction of sp³-hybridized carbons (Fsp3) is 0.900. The van der Waals surface area contributed by atoms with Crippen LogP contribution in [0.25, 0.3) is 0 Å². The zero-order valence-corrected chi connectivity index (χ0v) is 8.58. The van der Waals surface area contributed by atoms with E-state index in [1.807, 2.05) is 4.90 Å². The normalized spacial score (nSPS) is 43.8. The predicted molar refractivity (Wildman–Crippen MR) is 51.0 cm³/mol. The Morgan fingerprint density at radius 1 is 1.62 bits per heavy atom. The van der Waals surface area contributed by atoms with Gasteiger partial charge in [-0.1, -0.05) is 20.8 Å². The van der Waals surface area contributed by atoms with E-state index in [9.17, 15) is 4.79 Å². The van der Waals surface area contributed by atoms with Gasteiger partial charge in [-0.15, -0.1) is 0 Å². The van der Waals surface area contributed by atoms with Crippen LogP contribution in [0.1, 0.15) is 27.2 Å². The Labute approximate surface area is 79.3 Å². The van der Waals surface area contributed by atoms with Crippen LogP contribution in [0.4, 0.5) is 0 Å².